The molecule has 28 nitrogen and oxygen atoms in total. The highest BCUT2D eigenvalue weighted by Gasteiger charge is 2.44. The number of rotatable bonds is 15. The van der Waals surface area contributed by atoms with Crippen LogP contribution in [0.3, 0.4) is 0 Å². The molecule has 10 N–H and O–H groups in total. The van der Waals surface area contributed by atoms with Gasteiger partial charge >= 0.3 is 38.9 Å². The van der Waals surface area contributed by atoms with E-state index in [1.807, 2.05) is 54.6 Å². The fourth-order valence-electron chi connectivity index (χ4n) is 13.9. The molecule has 1 fully saturated rings. The quantitative estimate of drug-likeness (QED) is 0.0615. The molecule has 28 heteroatoms. The van der Waals surface area contributed by atoms with E-state index in [2.05, 4.69) is 60.4 Å². The molecule has 4 aromatic carbocycles. The van der Waals surface area contributed by atoms with Crippen molar-refractivity contribution in [1.29, 1.82) is 0 Å². The Bertz CT molecular complexity index is 4790. The van der Waals surface area contributed by atoms with Gasteiger partial charge in [0.2, 0.25) is 0 Å². The molecule has 530 valence electrons. The van der Waals surface area contributed by atoms with Gasteiger partial charge in [0, 0.05) is 33.3 Å². The molecular weight excluding hydrogens is 1270 g/mol. The van der Waals surface area contributed by atoms with Gasteiger partial charge in [0.1, 0.15) is 49.3 Å². The second kappa shape index (κ2) is 28.1. The summed E-state index contributed by atoms with van der Waals surface area (Å²) in [6, 6.07) is 22.5. The van der Waals surface area contributed by atoms with Crippen molar-refractivity contribution in [2.75, 3.05) is 26.9 Å². The summed E-state index contributed by atoms with van der Waals surface area (Å²) in [5.74, 6) is -0.108. The van der Waals surface area contributed by atoms with Crippen molar-refractivity contribution < 1.29 is 65.3 Å². The Morgan fingerprint density at radius 3 is 1.24 bits per heavy atom. The third kappa shape index (κ3) is 13.4. The van der Waals surface area contributed by atoms with Crippen LogP contribution >= 0.6 is 0 Å². The predicted octanol–water partition coefficient (Wildman–Crippen LogP) is 0.253. The van der Waals surface area contributed by atoms with Gasteiger partial charge in [-0.15, -0.1) is 0 Å². The lowest BCUT2D eigenvalue weighted by Crippen LogP contribution is -2.47. The number of methoxy groups -OCH3 is 1. The zero-order valence-electron chi connectivity index (χ0n) is 56.7. The Morgan fingerprint density at radius 2 is 0.847 bits per heavy atom. The first-order valence-corrected chi connectivity index (χ1v) is 32.9. The van der Waals surface area contributed by atoms with E-state index < -0.39 is 108 Å². The van der Waals surface area contributed by atoms with Crippen molar-refractivity contribution in [3.63, 3.8) is 0 Å². The standard InChI is InChI=1S/C19H24N2O6.2C17H22N2O5.C17H22N2O4/c1-19(2)7-8-20-13-10(19)5-4-6-11(13)21(17(25)16(20)24)9-12-14(22)15(23)18(26-3)27-12;1-17(2)6-7-19-14-10(17)4-3-5-11(14)18-15(16(19)23)24-9-13(22)12(21)8-20;1-17(2)6-7-18-14-10(17)4-3-5-11(14)19(16(24)15(18)23)8-12(21)13(22)9-20;1-10(20)13(21)9-19-12-6-4-5-11-14(12)18(15(22)16(19)23)8-7-17(11,2)3/h4-6,12,14-15,18,22-23H,7-9H2,1-3H3;2*3-5,12-13,20-22H,6-9H2,1-2H3;4-6,10,13,20-21H,7-9H2,1-3H3/t12-,14-,15-,18?;2*12-,13-;/m101./s1. The highest BCUT2D eigenvalue weighted by atomic mass is 16.7. The summed E-state index contributed by atoms with van der Waals surface area (Å²) < 4.78 is 26.0. The number of aromatic nitrogens is 8. The summed E-state index contributed by atoms with van der Waals surface area (Å²) in [4.78, 5) is 92.3. The van der Waals surface area contributed by atoms with Crippen LogP contribution in [0.2, 0.25) is 0 Å². The Morgan fingerprint density at radius 1 is 0.480 bits per heavy atom. The Kier molecular flexibility index (Phi) is 20.9. The lowest BCUT2D eigenvalue weighted by molar-refractivity contribution is -0.150. The van der Waals surface area contributed by atoms with Crippen molar-refractivity contribution in [1.82, 2.24) is 37.0 Å². The zero-order valence-corrected chi connectivity index (χ0v) is 56.7. The van der Waals surface area contributed by atoms with Gasteiger partial charge in [-0.05, 0) is 101 Å². The summed E-state index contributed by atoms with van der Waals surface area (Å²) >= 11 is 0. The molecule has 13 rings (SSSR count). The first kappa shape index (κ1) is 72.9. The maximum atomic E-state index is 12.8. The molecule has 1 saturated heterocycles. The van der Waals surface area contributed by atoms with Crippen molar-refractivity contribution >= 4 is 44.1 Å². The Hall–Kier alpha value is -7.84. The molecule has 4 aromatic heterocycles. The van der Waals surface area contributed by atoms with Crippen LogP contribution in [0, 0.1) is 0 Å². The van der Waals surface area contributed by atoms with Crippen molar-refractivity contribution in [3.05, 3.63) is 168 Å². The van der Waals surface area contributed by atoms with Gasteiger partial charge in [0.15, 0.2) is 6.29 Å². The molecular formula is C70H90N8O20. The molecule has 9 heterocycles. The highest BCUT2D eigenvalue weighted by Crippen LogP contribution is 2.40. The van der Waals surface area contributed by atoms with E-state index in [1.54, 1.807) is 31.9 Å². The smallest absolute Gasteiger partial charge is 0.317 e. The third-order valence-corrected chi connectivity index (χ3v) is 20.3. The third-order valence-electron chi connectivity index (χ3n) is 20.3. The van der Waals surface area contributed by atoms with E-state index in [0.29, 0.717) is 53.8 Å². The molecule has 0 radical (unpaired) electrons. The molecule has 5 aliphatic rings. The van der Waals surface area contributed by atoms with Crippen molar-refractivity contribution in [3.8, 4) is 5.88 Å². The maximum Gasteiger partial charge on any atom is 0.317 e. The van der Waals surface area contributed by atoms with Gasteiger partial charge < -0.3 is 83.5 Å². The number of hydrogen-bond acceptors (Lipinski definition) is 21. The number of nitrogens with zero attached hydrogens (tertiary/aromatic N) is 8. The van der Waals surface area contributed by atoms with Crippen LogP contribution < -0.4 is 43.7 Å². The summed E-state index contributed by atoms with van der Waals surface area (Å²) in [6.45, 7) is 18.5. The average molecular weight is 1360 g/mol. The molecule has 98 heavy (non-hydrogen) atoms. The van der Waals surface area contributed by atoms with Crippen molar-refractivity contribution in [2.24, 2.45) is 0 Å². The molecule has 5 aliphatic heterocycles. The Balaban J connectivity index is 0.000000142. The molecule has 0 amide bonds. The van der Waals surface area contributed by atoms with E-state index >= 15 is 0 Å². The second-order valence-corrected chi connectivity index (χ2v) is 28.7. The number of aryl methyl sites for hydroxylation is 4. The van der Waals surface area contributed by atoms with Crippen LogP contribution in [-0.2, 0) is 76.9 Å². The Labute approximate surface area is 561 Å². The maximum absolute atomic E-state index is 12.8. The minimum atomic E-state index is -1.37. The molecule has 8 aromatic rings. The topological polar surface area (TPSA) is 397 Å². The molecule has 3 unspecified atom stereocenters. The largest absolute Gasteiger partial charge is 0.471 e. The summed E-state index contributed by atoms with van der Waals surface area (Å²) in [5.41, 5.74) is 5.03. The fraction of sp³-hybridized carbons (Fsp3) is 0.543. The number of aliphatic hydroxyl groups excluding tert-OH is 10. The van der Waals surface area contributed by atoms with Gasteiger partial charge in [-0.25, -0.2) is 4.98 Å². The summed E-state index contributed by atoms with van der Waals surface area (Å²) in [6.07, 6.45) is -8.53. The molecule has 10 atom stereocenters. The highest BCUT2D eigenvalue weighted by molar-refractivity contribution is 5.83. The van der Waals surface area contributed by atoms with Gasteiger partial charge in [-0.2, -0.15) is 0 Å². The molecule has 0 spiro atoms. The van der Waals surface area contributed by atoms with Gasteiger partial charge in [0.05, 0.1) is 89.2 Å². The minimum Gasteiger partial charge on any atom is -0.471 e. The lowest BCUT2D eigenvalue weighted by atomic mass is 9.78. The molecule has 0 bridgehead atoms. The van der Waals surface area contributed by atoms with Gasteiger partial charge in [-0.1, -0.05) is 104 Å². The SMILES string of the molecule is CC(O)C(O)Cn1c(=O)c(=O)n2c3c(cccc31)C(C)(C)CC2.CC1(C)CCn2c(=O)c(=O)n(C[C@@H](O)[C@H](O)CO)c3cccc1c32.CC1(C)CCn2c(=O)c(OC[C@H](O)[C@@H](O)CO)nc3cccc1c32.COC1O[C@H](Cn2c(=O)c(=O)n3c4c(cccc42)C(C)(C)CC3)[C@@H](O)[C@H]1O. The van der Waals surface area contributed by atoms with E-state index in [4.69, 9.17) is 24.4 Å². The first-order valence-electron chi connectivity index (χ1n) is 32.9. The minimum absolute atomic E-state index is 0.0303. The van der Waals surface area contributed by atoms with Gasteiger partial charge in [0.25, 0.3) is 5.88 Å². The normalized spacial score (nSPS) is 21.6. The van der Waals surface area contributed by atoms with Crippen LogP contribution in [0.5, 0.6) is 5.88 Å². The van der Waals surface area contributed by atoms with Crippen LogP contribution in [0.4, 0.5) is 0 Å². The summed E-state index contributed by atoms with van der Waals surface area (Å²) in [7, 11) is 1.37. The van der Waals surface area contributed by atoms with E-state index in [1.165, 1.54) is 32.3 Å². The van der Waals surface area contributed by atoms with E-state index in [-0.39, 0.29) is 59.3 Å². The first-order chi connectivity index (χ1) is 46.1. The average Bonchev–Trinajstić information content (AvgIpc) is 0.790. The van der Waals surface area contributed by atoms with Crippen molar-refractivity contribution in [2.45, 2.75) is 217 Å². The molecule has 0 aliphatic carbocycles. The number of hydrogen-bond donors (Lipinski definition) is 10. The number of para-hydroxylation sites is 4. The number of ether oxygens (including phenoxy) is 3. The molecule has 0 saturated carbocycles. The fourth-order valence-corrected chi connectivity index (χ4v) is 13.9. The van der Waals surface area contributed by atoms with Crippen LogP contribution in [-0.4, -0.2) is 176 Å². The van der Waals surface area contributed by atoms with E-state index in [0.717, 1.165) is 64.5 Å². The van der Waals surface area contributed by atoms with Crippen LogP contribution in [0.25, 0.3) is 44.1 Å². The monoisotopic (exact) mass is 1360 g/mol. The van der Waals surface area contributed by atoms with Crippen LogP contribution in [0.15, 0.2) is 106 Å². The number of aliphatic hydroxyl groups is 10. The van der Waals surface area contributed by atoms with Crippen LogP contribution in [0.1, 0.15) is 110 Å². The zero-order chi connectivity index (χ0) is 71.6. The van der Waals surface area contributed by atoms with E-state index in [9.17, 15) is 74.4 Å². The lowest BCUT2D eigenvalue weighted by Gasteiger charge is -2.33. The predicted molar refractivity (Wildman–Crippen MR) is 363 cm³/mol. The second-order valence-electron chi connectivity index (χ2n) is 28.7. The number of benzene rings is 4. The summed E-state index contributed by atoms with van der Waals surface area (Å²) in [5, 5.41) is 96.1. The van der Waals surface area contributed by atoms with Gasteiger partial charge in [-0.3, -0.25) is 47.3 Å².